The highest BCUT2D eigenvalue weighted by Crippen LogP contribution is 2.27. The summed E-state index contributed by atoms with van der Waals surface area (Å²) >= 11 is 0. The number of piperidine rings is 1. The number of amides is 2. The second-order valence-corrected chi connectivity index (χ2v) is 11.5. The molecule has 0 aliphatic carbocycles. The van der Waals surface area contributed by atoms with Crippen molar-refractivity contribution in [3.05, 3.63) is 114 Å². The molecule has 3 aromatic rings. The van der Waals surface area contributed by atoms with Crippen molar-refractivity contribution in [2.45, 2.75) is 50.1 Å². The van der Waals surface area contributed by atoms with Crippen LogP contribution >= 0.6 is 0 Å². The molecule has 220 valence electrons. The van der Waals surface area contributed by atoms with Crippen molar-refractivity contribution in [1.82, 2.24) is 20.4 Å². The normalized spacial score (nSPS) is 20.1. The predicted molar refractivity (Wildman–Crippen MR) is 170 cm³/mol. The van der Waals surface area contributed by atoms with Crippen molar-refractivity contribution in [3.8, 4) is 0 Å². The molecule has 2 aliphatic rings. The largest absolute Gasteiger partial charge is 0.351 e. The summed E-state index contributed by atoms with van der Waals surface area (Å²) in [7, 11) is 0. The molecule has 2 fully saturated rings. The number of nitrogens with one attached hydrogen (secondary N) is 2. The first kappa shape index (κ1) is 29.7. The zero-order valence-corrected chi connectivity index (χ0v) is 24.5. The molecule has 2 heterocycles. The molecule has 2 amide bonds. The van der Waals surface area contributed by atoms with E-state index in [2.05, 4.69) is 69.0 Å². The molecule has 2 N–H and O–H groups in total. The van der Waals surface area contributed by atoms with Crippen LogP contribution in [0.1, 0.15) is 54.7 Å². The SMILES string of the molecule is O=C(C=Cc1ccccc1)NC[C@@H]1CCN(CC(c2ccccc2)c2ccccc2)C(=O)[C@H](CCN2CCCCC2)N1. The second kappa shape index (κ2) is 15.5. The molecule has 0 unspecified atom stereocenters. The standard InChI is InChI=1S/C36H44N4O2/c41-35(20-19-29-13-5-1-6-14-29)37-27-32-21-26-40(36(42)34(38-32)22-25-39-23-11-4-12-24-39)28-33(30-15-7-2-8-16-30)31-17-9-3-10-18-31/h1-3,5-10,13-20,32-34,38H,4,11-12,21-28H2,(H,37,41)/t32-,34-/m0/s1. The van der Waals surface area contributed by atoms with Crippen LogP contribution in [0.5, 0.6) is 0 Å². The topological polar surface area (TPSA) is 64.7 Å². The number of benzene rings is 3. The smallest absolute Gasteiger partial charge is 0.244 e. The predicted octanol–water partition coefficient (Wildman–Crippen LogP) is 5.08. The molecular weight excluding hydrogens is 520 g/mol. The first-order valence-electron chi connectivity index (χ1n) is 15.5. The molecule has 3 aromatic carbocycles. The Hall–Kier alpha value is -3.74. The summed E-state index contributed by atoms with van der Waals surface area (Å²) in [6.07, 6.45) is 8.74. The van der Waals surface area contributed by atoms with E-state index in [0.29, 0.717) is 19.6 Å². The van der Waals surface area contributed by atoms with Crippen LogP contribution < -0.4 is 10.6 Å². The van der Waals surface area contributed by atoms with Gasteiger partial charge in [-0.25, -0.2) is 0 Å². The first-order chi connectivity index (χ1) is 20.7. The molecule has 6 heteroatoms. The maximum atomic E-state index is 14.1. The van der Waals surface area contributed by atoms with Gasteiger partial charge in [0, 0.05) is 44.2 Å². The number of nitrogens with zero attached hydrogens (tertiary/aromatic N) is 2. The lowest BCUT2D eigenvalue weighted by molar-refractivity contribution is -0.133. The number of hydrogen-bond acceptors (Lipinski definition) is 4. The van der Waals surface area contributed by atoms with Gasteiger partial charge in [0.1, 0.15) is 0 Å². The van der Waals surface area contributed by atoms with Crippen LogP contribution in [0, 0.1) is 0 Å². The van der Waals surface area contributed by atoms with Crippen LogP contribution in [-0.4, -0.2) is 73.0 Å². The van der Waals surface area contributed by atoms with E-state index in [4.69, 9.17) is 0 Å². The minimum absolute atomic E-state index is 0.0197. The quantitative estimate of drug-likeness (QED) is 0.319. The van der Waals surface area contributed by atoms with Gasteiger partial charge in [-0.15, -0.1) is 0 Å². The van der Waals surface area contributed by atoms with Crippen LogP contribution in [-0.2, 0) is 9.59 Å². The summed E-state index contributed by atoms with van der Waals surface area (Å²) < 4.78 is 0. The number of carbonyl (C=O) groups excluding carboxylic acids is 2. The summed E-state index contributed by atoms with van der Waals surface area (Å²) in [4.78, 5) is 31.3. The Bertz CT molecular complexity index is 1240. The number of carbonyl (C=O) groups is 2. The molecule has 0 saturated carbocycles. The molecule has 6 nitrogen and oxygen atoms in total. The molecule has 42 heavy (non-hydrogen) atoms. The van der Waals surface area contributed by atoms with Crippen molar-refractivity contribution in [2.24, 2.45) is 0 Å². The zero-order valence-electron chi connectivity index (χ0n) is 24.5. The van der Waals surface area contributed by atoms with Gasteiger partial charge >= 0.3 is 0 Å². The van der Waals surface area contributed by atoms with E-state index < -0.39 is 0 Å². The van der Waals surface area contributed by atoms with Crippen molar-refractivity contribution in [3.63, 3.8) is 0 Å². The number of rotatable bonds is 11. The van der Waals surface area contributed by atoms with E-state index in [1.54, 1.807) is 6.08 Å². The summed E-state index contributed by atoms with van der Waals surface area (Å²) in [6, 6.07) is 30.6. The van der Waals surface area contributed by atoms with E-state index in [-0.39, 0.29) is 29.8 Å². The molecule has 0 spiro atoms. The highest BCUT2D eigenvalue weighted by atomic mass is 16.2. The molecule has 0 bridgehead atoms. The lowest BCUT2D eigenvalue weighted by atomic mass is 9.90. The van der Waals surface area contributed by atoms with Crippen molar-refractivity contribution < 1.29 is 9.59 Å². The summed E-state index contributed by atoms with van der Waals surface area (Å²) in [5.74, 6) is 0.145. The van der Waals surface area contributed by atoms with E-state index in [1.807, 2.05) is 48.5 Å². The second-order valence-electron chi connectivity index (χ2n) is 11.5. The third-order valence-electron chi connectivity index (χ3n) is 8.53. The van der Waals surface area contributed by atoms with Gasteiger partial charge in [0.05, 0.1) is 6.04 Å². The monoisotopic (exact) mass is 564 g/mol. The Morgan fingerprint density at radius 2 is 1.48 bits per heavy atom. The maximum absolute atomic E-state index is 14.1. The summed E-state index contributed by atoms with van der Waals surface area (Å²) in [5, 5.41) is 6.73. The maximum Gasteiger partial charge on any atom is 0.244 e. The van der Waals surface area contributed by atoms with Gasteiger partial charge in [-0.05, 0) is 61.5 Å². The Balaban J connectivity index is 1.28. The van der Waals surface area contributed by atoms with Crippen LogP contribution in [0.2, 0.25) is 0 Å². The minimum atomic E-state index is -0.275. The van der Waals surface area contributed by atoms with Crippen LogP contribution in [0.25, 0.3) is 6.08 Å². The van der Waals surface area contributed by atoms with E-state index in [0.717, 1.165) is 38.0 Å². The average Bonchev–Trinajstić information content (AvgIpc) is 3.20. The Morgan fingerprint density at radius 1 is 0.857 bits per heavy atom. The van der Waals surface area contributed by atoms with Crippen LogP contribution in [0.15, 0.2) is 97.1 Å². The fourth-order valence-electron chi connectivity index (χ4n) is 6.14. The molecule has 0 radical (unpaired) electrons. The number of likely N-dealkylation sites (tertiary alicyclic amines) is 1. The summed E-state index contributed by atoms with van der Waals surface area (Å²) in [6.45, 7) is 4.91. The van der Waals surface area contributed by atoms with Gasteiger partial charge in [0.2, 0.25) is 11.8 Å². The Kier molecular flexibility index (Phi) is 11.0. The lowest BCUT2D eigenvalue weighted by Crippen LogP contribution is -2.50. The average molecular weight is 565 g/mol. The molecule has 5 rings (SSSR count). The highest BCUT2D eigenvalue weighted by Gasteiger charge is 2.33. The van der Waals surface area contributed by atoms with Crippen molar-refractivity contribution in [1.29, 1.82) is 0 Å². The molecule has 2 atom stereocenters. The number of hydrogen-bond donors (Lipinski definition) is 2. The molecule has 2 aliphatic heterocycles. The summed E-state index contributed by atoms with van der Waals surface area (Å²) in [5.41, 5.74) is 3.42. The van der Waals surface area contributed by atoms with Gasteiger partial charge in [0.15, 0.2) is 0 Å². The van der Waals surface area contributed by atoms with Gasteiger partial charge in [-0.2, -0.15) is 0 Å². The highest BCUT2D eigenvalue weighted by molar-refractivity contribution is 5.91. The van der Waals surface area contributed by atoms with Crippen molar-refractivity contribution >= 4 is 17.9 Å². The fraction of sp³-hybridized carbons (Fsp3) is 0.389. The zero-order chi connectivity index (χ0) is 29.0. The van der Waals surface area contributed by atoms with E-state index in [9.17, 15) is 9.59 Å². The van der Waals surface area contributed by atoms with Gasteiger partial charge in [-0.3, -0.25) is 9.59 Å². The molecule has 0 aromatic heterocycles. The first-order valence-corrected chi connectivity index (χ1v) is 15.5. The van der Waals surface area contributed by atoms with Crippen LogP contribution in [0.3, 0.4) is 0 Å². The Morgan fingerprint density at radius 3 is 2.12 bits per heavy atom. The molecular formula is C36H44N4O2. The van der Waals surface area contributed by atoms with Crippen LogP contribution in [0.4, 0.5) is 0 Å². The van der Waals surface area contributed by atoms with Gasteiger partial charge in [-0.1, -0.05) is 97.4 Å². The third-order valence-corrected chi connectivity index (χ3v) is 8.53. The lowest BCUT2D eigenvalue weighted by Gasteiger charge is -2.31. The third kappa shape index (κ3) is 8.63. The fourth-order valence-corrected chi connectivity index (χ4v) is 6.14. The van der Waals surface area contributed by atoms with E-state index in [1.165, 1.54) is 30.4 Å². The van der Waals surface area contributed by atoms with E-state index >= 15 is 0 Å². The molecule has 2 saturated heterocycles. The minimum Gasteiger partial charge on any atom is -0.351 e. The van der Waals surface area contributed by atoms with Gasteiger partial charge in [0.25, 0.3) is 0 Å². The van der Waals surface area contributed by atoms with Gasteiger partial charge < -0.3 is 20.4 Å². The van der Waals surface area contributed by atoms with Crippen molar-refractivity contribution in [2.75, 3.05) is 39.3 Å². The Labute approximate surface area is 250 Å².